The third-order valence-corrected chi connectivity index (χ3v) is 3.45. The fraction of sp³-hybridized carbons (Fsp3) is 0.250. The molecule has 0 aromatic heterocycles. The van der Waals surface area contributed by atoms with Crippen molar-refractivity contribution in [2.45, 2.75) is 19.5 Å². The molecular formula is C16H17ClFNO. The Morgan fingerprint density at radius 1 is 1.20 bits per heavy atom. The lowest BCUT2D eigenvalue weighted by Crippen LogP contribution is -2.18. The molecule has 4 heteroatoms. The lowest BCUT2D eigenvalue weighted by Gasteiger charge is -2.15. The normalized spacial score (nSPS) is 12.2. The van der Waals surface area contributed by atoms with Crippen LogP contribution in [-0.2, 0) is 6.54 Å². The average molecular weight is 294 g/mol. The minimum atomic E-state index is -0.346. The van der Waals surface area contributed by atoms with Crippen molar-refractivity contribution < 1.29 is 9.13 Å². The summed E-state index contributed by atoms with van der Waals surface area (Å²) in [5.74, 6) is -0.0798. The van der Waals surface area contributed by atoms with Gasteiger partial charge in [-0.3, -0.25) is 0 Å². The van der Waals surface area contributed by atoms with Gasteiger partial charge in [-0.2, -0.15) is 0 Å². The highest BCUT2D eigenvalue weighted by Crippen LogP contribution is 2.22. The van der Waals surface area contributed by atoms with Gasteiger partial charge in [-0.05, 0) is 42.3 Å². The first-order chi connectivity index (χ1) is 9.60. The van der Waals surface area contributed by atoms with E-state index in [9.17, 15) is 4.39 Å². The zero-order chi connectivity index (χ0) is 14.5. The zero-order valence-electron chi connectivity index (χ0n) is 11.5. The molecular weight excluding hydrogens is 277 g/mol. The summed E-state index contributed by atoms with van der Waals surface area (Å²) < 4.78 is 18.4. The molecule has 0 saturated heterocycles. The Labute approximate surface area is 123 Å². The first-order valence-electron chi connectivity index (χ1n) is 6.41. The molecule has 2 aromatic rings. The van der Waals surface area contributed by atoms with Crippen LogP contribution in [0.25, 0.3) is 0 Å². The number of ether oxygens (including phenoxy) is 1. The number of hydrogen-bond acceptors (Lipinski definition) is 2. The number of rotatable bonds is 5. The molecule has 106 valence electrons. The molecule has 1 atom stereocenters. The summed E-state index contributed by atoms with van der Waals surface area (Å²) in [4.78, 5) is 0. The van der Waals surface area contributed by atoms with E-state index in [1.54, 1.807) is 12.1 Å². The second-order valence-corrected chi connectivity index (χ2v) is 5.06. The van der Waals surface area contributed by atoms with Crippen LogP contribution in [0.15, 0.2) is 42.5 Å². The minimum Gasteiger partial charge on any atom is -0.494 e. The maximum atomic E-state index is 13.4. The molecule has 0 aliphatic rings. The second-order valence-electron chi connectivity index (χ2n) is 4.62. The summed E-state index contributed by atoms with van der Waals surface area (Å²) in [6.07, 6.45) is 0. The van der Waals surface area contributed by atoms with E-state index in [1.165, 1.54) is 13.2 Å². The van der Waals surface area contributed by atoms with Crippen molar-refractivity contribution in [1.82, 2.24) is 5.32 Å². The van der Waals surface area contributed by atoms with Gasteiger partial charge in [0.15, 0.2) is 11.6 Å². The Hall–Kier alpha value is -1.58. The molecule has 0 heterocycles. The first-order valence-corrected chi connectivity index (χ1v) is 6.79. The molecule has 0 fully saturated rings. The summed E-state index contributed by atoms with van der Waals surface area (Å²) in [6.45, 7) is 2.75. The SMILES string of the molecule is COc1cc(C(C)NCc2ccc(Cl)cc2)ccc1F. The van der Waals surface area contributed by atoms with E-state index in [0.29, 0.717) is 0 Å². The van der Waals surface area contributed by atoms with Crippen LogP contribution in [0, 0.1) is 5.82 Å². The van der Waals surface area contributed by atoms with Crippen molar-refractivity contribution in [3.63, 3.8) is 0 Å². The van der Waals surface area contributed by atoms with Crippen LogP contribution in [0.1, 0.15) is 24.1 Å². The monoisotopic (exact) mass is 293 g/mol. The highest BCUT2D eigenvalue weighted by molar-refractivity contribution is 6.30. The fourth-order valence-corrected chi connectivity index (χ4v) is 2.06. The Bertz CT molecular complexity index is 571. The van der Waals surface area contributed by atoms with Crippen LogP contribution in [0.2, 0.25) is 5.02 Å². The third-order valence-electron chi connectivity index (χ3n) is 3.20. The topological polar surface area (TPSA) is 21.3 Å². The van der Waals surface area contributed by atoms with Crippen molar-refractivity contribution in [3.8, 4) is 5.75 Å². The largest absolute Gasteiger partial charge is 0.494 e. The highest BCUT2D eigenvalue weighted by Gasteiger charge is 2.09. The highest BCUT2D eigenvalue weighted by atomic mass is 35.5. The Morgan fingerprint density at radius 2 is 1.90 bits per heavy atom. The number of methoxy groups -OCH3 is 1. The molecule has 2 rings (SSSR count). The molecule has 20 heavy (non-hydrogen) atoms. The lowest BCUT2D eigenvalue weighted by atomic mass is 10.1. The second kappa shape index (κ2) is 6.73. The van der Waals surface area contributed by atoms with Crippen LogP contribution in [-0.4, -0.2) is 7.11 Å². The van der Waals surface area contributed by atoms with Gasteiger partial charge in [-0.1, -0.05) is 29.8 Å². The van der Waals surface area contributed by atoms with E-state index < -0.39 is 0 Å². The number of nitrogens with one attached hydrogen (secondary N) is 1. The van der Waals surface area contributed by atoms with E-state index in [0.717, 1.165) is 22.7 Å². The Balaban J connectivity index is 2.01. The van der Waals surface area contributed by atoms with Gasteiger partial charge in [0.25, 0.3) is 0 Å². The maximum Gasteiger partial charge on any atom is 0.165 e. The molecule has 0 aliphatic heterocycles. The van der Waals surface area contributed by atoms with Crippen LogP contribution < -0.4 is 10.1 Å². The standard InChI is InChI=1S/C16H17ClFNO/c1-11(13-5-8-15(18)16(9-13)20-2)19-10-12-3-6-14(17)7-4-12/h3-9,11,19H,10H2,1-2H3. The molecule has 2 aromatic carbocycles. The van der Waals surface area contributed by atoms with E-state index in [-0.39, 0.29) is 17.6 Å². The lowest BCUT2D eigenvalue weighted by molar-refractivity contribution is 0.385. The van der Waals surface area contributed by atoms with Gasteiger partial charge in [0.2, 0.25) is 0 Å². The van der Waals surface area contributed by atoms with Gasteiger partial charge >= 0.3 is 0 Å². The molecule has 0 saturated carbocycles. The van der Waals surface area contributed by atoms with Crippen LogP contribution in [0.5, 0.6) is 5.75 Å². The van der Waals surface area contributed by atoms with Crippen LogP contribution >= 0.6 is 11.6 Å². The van der Waals surface area contributed by atoms with Gasteiger partial charge in [0, 0.05) is 17.6 Å². The van der Waals surface area contributed by atoms with Gasteiger partial charge < -0.3 is 10.1 Å². The van der Waals surface area contributed by atoms with Gasteiger partial charge in [-0.15, -0.1) is 0 Å². The van der Waals surface area contributed by atoms with E-state index in [1.807, 2.05) is 31.2 Å². The summed E-state index contributed by atoms with van der Waals surface area (Å²) in [5.41, 5.74) is 2.13. The van der Waals surface area contributed by atoms with E-state index in [4.69, 9.17) is 16.3 Å². The molecule has 0 radical (unpaired) electrons. The summed E-state index contributed by atoms with van der Waals surface area (Å²) in [7, 11) is 1.47. The van der Waals surface area contributed by atoms with E-state index >= 15 is 0 Å². The zero-order valence-corrected chi connectivity index (χ0v) is 12.2. The summed E-state index contributed by atoms with van der Waals surface area (Å²) >= 11 is 5.85. The van der Waals surface area contributed by atoms with Gasteiger partial charge in [-0.25, -0.2) is 4.39 Å². The molecule has 0 bridgehead atoms. The average Bonchev–Trinajstić information content (AvgIpc) is 2.47. The quantitative estimate of drug-likeness (QED) is 0.885. The smallest absolute Gasteiger partial charge is 0.165 e. The third kappa shape index (κ3) is 3.71. The van der Waals surface area contributed by atoms with Crippen molar-refractivity contribution in [3.05, 3.63) is 64.4 Å². The molecule has 2 nitrogen and oxygen atoms in total. The molecule has 1 unspecified atom stereocenters. The maximum absolute atomic E-state index is 13.4. The van der Waals surface area contributed by atoms with E-state index in [2.05, 4.69) is 5.32 Å². The Kier molecular flexibility index (Phi) is 4.99. The predicted molar refractivity (Wildman–Crippen MR) is 79.7 cm³/mol. The van der Waals surface area contributed by atoms with Crippen molar-refractivity contribution in [2.24, 2.45) is 0 Å². The van der Waals surface area contributed by atoms with Crippen molar-refractivity contribution in [1.29, 1.82) is 0 Å². The first kappa shape index (κ1) is 14.8. The van der Waals surface area contributed by atoms with Crippen molar-refractivity contribution >= 4 is 11.6 Å². The summed E-state index contributed by atoms with van der Waals surface area (Å²) in [5, 5.41) is 4.11. The predicted octanol–water partition coefficient (Wildman–Crippen LogP) is 4.34. The minimum absolute atomic E-state index is 0.0974. The van der Waals surface area contributed by atoms with Crippen LogP contribution in [0.3, 0.4) is 0 Å². The molecule has 0 amide bonds. The van der Waals surface area contributed by atoms with Gasteiger partial charge in [0.05, 0.1) is 7.11 Å². The Morgan fingerprint density at radius 3 is 2.55 bits per heavy atom. The number of hydrogen-bond donors (Lipinski definition) is 1. The summed E-state index contributed by atoms with van der Waals surface area (Å²) in [6, 6.07) is 12.7. The van der Waals surface area contributed by atoms with Crippen LogP contribution in [0.4, 0.5) is 4.39 Å². The molecule has 0 spiro atoms. The fourth-order valence-electron chi connectivity index (χ4n) is 1.94. The van der Waals surface area contributed by atoms with Crippen molar-refractivity contribution in [2.75, 3.05) is 7.11 Å². The molecule has 1 N–H and O–H groups in total. The molecule has 0 aliphatic carbocycles. The number of halogens is 2. The van der Waals surface area contributed by atoms with Gasteiger partial charge in [0.1, 0.15) is 0 Å². The number of benzene rings is 2.